The summed E-state index contributed by atoms with van der Waals surface area (Å²) in [6.45, 7) is 2.05. The van der Waals surface area contributed by atoms with Crippen LogP contribution >= 0.6 is 0 Å². The second-order valence-corrected chi connectivity index (χ2v) is 5.43. The standard InChI is InChI=1S/C14H18N2O2/c15-12-5-4-9(14(17)18)6-13(12)16-7-10-2-1-3-11(10)8-16/h4-6,10-11H,1-3,7-8,15H2,(H,17,18). The molecule has 1 heterocycles. The minimum atomic E-state index is -0.893. The Morgan fingerprint density at radius 3 is 2.56 bits per heavy atom. The van der Waals surface area contributed by atoms with E-state index in [1.807, 2.05) is 0 Å². The molecule has 0 aromatic heterocycles. The number of nitrogens with zero attached hydrogens (tertiary/aromatic N) is 1. The topological polar surface area (TPSA) is 66.6 Å². The van der Waals surface area contributed by atoms with E-state index in [2.05, 4.69) is 4.90 Å². The summed E-state index contributed by atoms with van der Waals surface area (Å²) in [4.78, 5) is 13.3. The normalized spacial score (nSPS) is 26.3. The minimum Gasteiger partial charge on any atom is -0.478 e. The van der Waals surface area contributed by atoms with E-state index in [0.717, 1.165) is 30.6 Å². The van der Waals surface area contributed by atoms with E-state index in [1.165, 1.54) is 19.3 Å². The summed E-state index contributed by atoms with van der Waals surface area (Å²) in [5, 5.41) is 9.04. The highest BCUT2D eigenvalue weighted by molar-refractivity contribution is 5.90. The zero-order valence-electron chi connectivity index (χ0n) is 10.3. The first-order valence-electron chi connectivity index (χ1n) is 6.53. The molecule has 0 spiro atoms. The van der Waals surface area contributed by atoms with Crippen molar-refractivity contribution in [2.24, 2.45) is 11.8 Å². The third-order valence-electron chi connectivity index (χ3n) is 4.34. The molecule has 1 aromatic rings. The largest absolute Gasteiger partial charge is 0.478 e. The molecule has 96 valence electrons. The number of benzene rings is 1. The molecule has 4 nitrogen and oxygen atoms in total. The molecule has 1 aromatic carbocycles. The molecular formula is C14H18N2O2. The lowest BCUT2D eigenvalue weighted by Crippen LogP contribution is -2.22. The number of carbonyl (C=O) groups is 1. The van der Waals surface area contributed by atoms with Crippen LogP contribution in [0.3, 0.4) is 0 Å². The fourth-order valence-corrected chi connectivity index (χ4v) is 3.38. The zero-order chi connectivity index (χ0) is 12.7. The maximum Gasteiger partial charge on any atom is 0.335 e. The summed E-state index contributed by atoms with van der Waals surface area (Å²) in [5.74, 6) is 0.659. The number of anilines is 2. The summed E-state index contributed by atoms with van der Waals surface area (Å²) >= 11 is 0. The van der Waals surface area contributed by atoms with Crippen LogP contribution in [0, 0.1) is 11.8 Å². The van der Waals surface area contributed by atoms with Crippen molar-refractivity contribution in [3.63, 3.8) is 0 Å². The number of carboxylic acids is 1. The van der Waals surface area contributed by atoms with Crippen LogP contribution in [0.15, 0.2) is 18.2 Å². The lowest BCUT2D eigenvalue weighted by Gasteiger charge is -2.21. The molecule has 0 radical (unpaired) electrons. The van der Waals surface area contributed by atoms with Crippen LogP contribution in [0.4, 0.5) is 11.4 Å². The van der Waals surface area contributed by atoms with E-state index in [1.54, 1.807) is 18.2 Å². The molecule has 18 heavy (non-hydrogen) atoms. The lowest BCUT2D eigenvalue weighted by atomic mass is 10.0. The fraction of sp³-hybridized carbons (Fsp3) is 0.500. The molecule has 2 unspecified atom stereocenters. The van der Waals surface area contributed by atoms with Crippen LogP contribution in [0.5, 0.6) is 0 Å². The van der Waals surface area contributed by atoms with Gasteiger partial charge in [-0.2, -0.15) is 0 Å². The van der Waals surface area contributed by atoms with Gasteiger partial charge in [0.1, 0.15) is 0 Å². The Kier molecular flexibility index (Phi) is 2.65. The third kappa shape index (κ3) is 1.82. The molecule has 1 aliphatic carbocycles. The number of carboxylic acid groups (broad SMARTS) is 1. The smallest absolute Gasteiger partial charge is 0.335 e. The predicted octanol–water partition coefficient (Wildman–Crippen LogP) is 2.20. The van der Waals surface area contributed by atoms with E-state index in [9.17, 15) is 4.79 Å². The Morgan fingerprint density at radius 1 is 1.28 bits per heavy atom. The number of nitrogen functional groups attached to an aromatic ring is 1. The molecule has 1 saturated heterocycles. The highest BCUT2D eigenvalue weighted by Crippen LogP contribution is 2.41. The van der Waals surface area contributed by atoms with Crippen molar-refractivity contribution < 1.29 is 9.90 Å². The van der Waals surface area contributed by atoms with Gasteiger partial charge in [-0.3, -0.25) is 0 Å². The predicted molar refractivity (Wildman–Crippen MR) is 70.9 cm³/mol. The molecule has 2 aliphatic rings. The Bertz CT molecular complexity index is 475. The SMILES string of the molecule is Nc1ccc(C(=O)O)cc1N1CC2CCCC2C1. The first-order chi connectivity index (χ1) is 8.65. The van der Waals surface area contributed by atoms with Crippen LogP contribution in [-0.4, -0.2) is 24.2 Å². The van der Waals surface area contributed by atoms with Crippen LogP contribution < -0.4 is 10.6 Å². The summed E-state index contributed by atoms with van der Waals surface area (Å²) in [6.07, 6.45) is 3.95. The minimum absolute atomic E-state index is 0.316. The lowest BCUT2D eigenvalue weighted by molar-refractivity contribution is 0.0697. The van der Waals surface area contributed by atoms with Gasteiger partial charge in [-0.15, -0.1) is 0 Å². The molecular weight excluding hydrogens is 228 g/mol. The number of aromatic carboxylic acids is 1. The van der Waals surface area contributed by atoms with Gasteiger partial charge >= 0.3 is 5.97 Å². The van der Waals surface area contributed by atoms with Gasteiger partial charge in [0.2, 0.25) is 0 Å². The Labute approximate surface area is 106 Å². The van der Waals surface area contributed by atoms with E-state index in [-0.39, 0.29) is 0 Å². The second-order valence-electron chi connectivity index (χ2n) is 5.43. The number of fused-ring (bicyclic) bond motifs is 1. The molecule has 2 atom stereocenters. The molecule has 4 heteroatoms. The van der Waals surface area contributed by atoms with Gasteiger partial charge in [-0.05, 0) is 42.9 Å². The average molecular weight is 246 g/mol. The maximum absolute atomic E-state index is 11.0. The van der Waals surface area contributed by atoms with E-state index in [4.69, 9.17) is 10.8 Å². The molecule has 2 fully saturated rings. The van der Waals surface area contributed by atoms with Crippen molar-refractivity contribution >= 4 is 17.3 Å². The Balaban J connectivity index is 1.88. The van der Waals surface area contributed by atoms with Gasteiger partial charge in [0, 0.05) is 13.1 Å². The fourth-order valence-electron chi connectivity index (χ4n) is 3.38. The Hall–Kier alpha value is -1.71. The highest BCUT2D eigenvalue weighted by Gasteiger charge is 2.36. The third-order valence-corrected chi connectivity index (χ3v) is 4.34. The Morgan fingerprint density at radius 2 is 1.94 bits per heavy atom. The van der Waals surface area contributed by atoms with Crippen molar-refractivity contribution in [1.82, 2.24) is 0 Å². The van der Waals surface area contributed by atoms with E-state index >= 15 is 0 Å². The maximum atomic E-state index is 11.0. The number of hydrogen-bond donors (Lipinski definition) is 2. The molecule has 1 aliphatic heterocycles. The van der Waals surface area contributed by atoms with Crippen molar-refractivity contribution in [3.05, 3.63) is 23.8 Å². The van der Waals surface area contributed by atoms with Gasteiger partial charge in [-0.25, -0.2) is 4.79 Å². The summed E-state index contributed by atoms with van der Waals surface area (Å²) < 4.78 is 0. The number of rotatable bonds is 2. The molecule has 3 N–H and O–H groups in total. The van der Waals surface area contributed by atoms with Crippen LogP contribution in [0.25, 0.3) is 0 Å². The van der Waals surface area contributed by atoms with Crippen molar-refractivity contribution in [1.29, 1.82) is 0 Å². The van der Waals surface area contributed by atoms with Gasteiger partial charge in [0.15, 0.2) is 0 Å². The highest BCUT2D eigenvalue weighted by atomic mass is 16.4. The van der Waals surface area contributed by atoms with E-state index < -0.39 is 5.97 Å². The zero-order valence-corrected chi connectivity index (χ0v) is 10.3. The summed E-state index contributed by atoms with van der Waals surface area (Å²) in [6, 6.07) is 4.98. The van der Waals surface area contributed by atoms with Crippen LogP contribution in [0.2, 0.25) is 0 Å². The van der Waals surface area contributed by atoms with Crippen LogP contribution in [0.1, 0.15) is 29.6 Å². The van der Waals surface area contributed by atoms with Gasteiger partial charge in [0.25, 0.3) is 0 Å². The van der Waals surface area contributed by atoms with Crippen molar-refractivity contribution in [2.45, 2.75) is 19.3 Å². The average Bonchev–Trinajstić information content (AvgIpc) is 2.89. The number of hydrogen-bond acceptors (Lipinski definition) is 3. The molecule has 3 rings (SSSR count). The molecule has 0 amide bonds. The van der Waals surface area contributed by atoms with Crippen molar-refractivity contribution in [3.8, 4) is 0 Å². The number of nitrogens with two attached hydrogens (primary N) is 1. The van der Waals surface area contributed by atoms with E-state index in [0.29, 0.717) is 11.3 Å². The van der Waals surface area contributed by atoms with Gasteiger partial charge < -0.3 is 15.7 Å². The first kappa shape index (κ1) is 11.4. The van der Waals surface area contributed by atoms with Gasteiger partial charge in [0.05, 0.1) is 16.9 Å². The van der Waals surface area contributed by atoms with Crippen molar-refractivity contribution in [2.75, 3.05) is 23.7 Å². The second kappa shape index (κ2) is 4.19. The summed E-state index contributed by atoms with van der Waals surface area (Å²) in [5.41, 5.74) is 7.87. The first-order valence-corrected chi connectivity index (χ1v) is 6.53. The van der Waals surface area contributed by atoms with Crippen LogP contribution in [-0.2, 0) is 0 Å². The summed E-state index contributed by atoms with van der Waals surface area (Å²) in [7, 11) is 0. The molecule has 1 saturated carbocycles. The monoisotopic (exact) mass is 246 g/mol. The quantitative estimate of drug-likeness (QED) is 0.785. The van der Waals surface area contributed by atoms with Gasteiger partial charge in [-0.1, -0.05) is 6.42 Å². The molecule has 0 bridgehead atoms.